The van der Waals surface area contributed by atoms with Crippen molar-refractivity contribution in [3.05, 3.63) is 68.0 Å². The monoisotopic (exact) mass is 480 g/mol. The minimum Gasteiger partial charge on any atom is -0.497 e. The van der Waals surface area contributed by atoms with Crippen LogP contribution in [0, 0.1) is 26.9 Å². The molecule has 0 fully saturated rings. The van der Waals surface area contributed by atoms with E-state index in [1.165, 1.54) is 13.2 Å². The van der Waals surface area contributed by atoms with Gasteiger partial charge in [0.2, 0.25) is 0 Å². The normalized spacial score (nSPS) is 19.6. The van der Waals surface area contributed by atoms with Crippen molar-refractivity contribution in [2.24, 2.45) is 11.1 Å². The Labute approximate surface area is 200 Å². The summed E-state index contributed by atoms with van der Waals surface area (Å²) in [6.07, 6.45) is 0.814. The molecule has 1 atom stereocenters. The lowest BCUT2D eigenvalue weighted by Gasteiger charge is -2.43. The number of methoxy groups -OCH3 is 2. The Hall–Kier alpha value is -3.84. The largest absolute Gasteiger partial charge is 0.497 e. The highest BCUT2D eigenvalue weighted by atomic mass is 32.1. The van der Waals surface area contributed by atoms with E-state index >= 15 is 0 Å². The fraction of sp³-hybridized carbons (Fsp3) is 0.333. The van der Waals surface area contributed by atoms with E-state index in [2.05, 4.69) is 6.07 Å². The molecule has 2 heterocycles. The summed E-state index contributed by atoms with van der Waals surface area (Å²) < 4.78 is 10.9. The van der Waals surface area contributed by atoms with Crippen LogP contribution >= 0.6 is 11.3 Å². The predicted molar refractivity (Wildman–Crippen MR) is 128 cm³/mol. The zero-order valence-electron chi connectivity index (χ0n) is 19.2. The molecule has 9 nitrogen and oxygen atoms in total. The number of thiophene rings is 1. The maximum Gasteiger partial charge on any atom is 0.324 e. The maximum absolute atomic E-state index is 13.5. The highest BCUT2D eigenvalue weighted by molar-refractivity contribution is 7.15. The molecule has 1 aromatic carbocycles. The SMILES string of the molecule is COc1ccc(N2C(N)=C(C#N)[C@@H](c3ccc([N+](=O)[O-])s3)C3=C2CC(C)(C)CC3=O)c(OC)c1. The molecule has 2 aromatic rings. The van der Waals surface area contributed by atoms with Gasteiger partial charge in [0.1, 0.15) is 17.3 Å². The summed E-state index contributed by atoms with van der Waals surface area (Å²) >= 11 is 0.950. The van der Waals surface area contributed by atoms with Crippen molar-refractivity contribution in [1.29, 1.82) is 5.26 Å². The summed E-state index contributed by atoms with van der Waals surface area (Å²) in [4.78, 5) is 26.6. The van der Waals surface area contributed by atoms with Gasteiger partial charge in [-0.05, 0) is 30.0 Å². The fourth-order valence-corrected chi connectivity index (χ4v) is 5.58. The maximum atomic E-state index is 13.5. The van der Waals surface area contributed by atoms with Gasteiger partial charge in [0.15, 0.2) is 5.78 Å². The van der Waals surface area contributed by atoms with Crippen molar-refractivity contribution in [3.63, 3.8) is 0 Å². The van der Waals surface area contributed by atoms with Crippen molar-refractivity contribution >= 4 is 27.8 Å². The summed E-state index contributed by atoms with van der Waals surface area (Å²) in [6.45, 7) is 4.01. The van der Waals surface area contributed by atoms with E-state index in [4.69, 9.17) is 15.2 Å². The molecule has 0 spiro atoms. The van der Waals surface area contributed by atoms with Crippen LogP contribution in [-0.4, -0.2) is 24.9 Å². The number of nitrogens with zero attached hydrogens (tertiary/aromatic N) is 3. The molecule has 2 N–H and O–H groups in total. The number of nitriles is 1. The number of allylic oxidation sites excluding steroid dienone is 3. The van der Waals surface area contributed by atoms with Gasteiger partial charge in [0.25, 0.3) is 0 Å². The number of rotatable bonds is 5. The summed E-state index contributed by atoms with van der Waals surface area (Å²) in [5.41, 5.74) is 8.13. The third-order valence-corrected chi connectivity index (χ3v) is 7.19. The third kappa shape index (κ3) is 3.78. The molecule has 0 unspecified atom stereocenters. The van der Waals surface area contributed by atoms with E-state index in [9.17, 15) is 20.2 Å². The average Bonchev–Trinajstić information content (AvgIpc) is 3.27. The molecule has 0 amide bonds. The van der Waals surface area contributed by atoms with Gasteiger partial charge in [-0.15, -0.1) is 0 Å². The lowest BCUT2D eigenvalue weighted by molar-refractivity contribution is -0.380. The Bertz CT molecular complexity index is 1300. The van der Waals surface area contributed by atoms with Crippen LogP contribution in [0.25, 0.3) is 0 Å². The van der Waals surface area contributed by atoms with Gasteiger partial charge in [0.05, 0.1) is 42.4 Å². The summed E-state index contributed by atoms with van der Waals surface area (Å²) in [5.74, 6) is 0.343. The van der Waals surface area contributed by atoms with Crippen LogP contribution in [0.4, 0.5) is 10.7 Å². The number of hydrogen-bond acceptors (Lipinski definition) is 9. The van der Waals surface area contributed by atoms with Crippen LogP contribution in [0.15, 0.2) is 53.0 Å². The van der Waals surface area contributed by atoms with Gasteiger partial charge in [-0.25, -0.2) is 0 Å². The number of Topliss-reactive ketones (excluding diaryl/α,β-unsaturated/α-hetero) is 1. The molecule has 1 aromatic heterocycles. The molecule has 1 aliphatic carbocycles. The minimum atomic E-state index is -0.761. The molecule has 2 aliphatic rings. The van der Waals surface area contributed by atoms with E-state index in [1.807, 2.05) is 13.8 Å². The summed E-state index contributed by atoms with van der Waals surface area (Å²) in [6, 6.07) is 10.4. The highest BCUT2D eigenvalue weighted by Crippen LogP contribution is 2.52. The number of ether oxygens (including phenoxy) is 2. The third-order valence-electron chi connectivity index (χ3n) is 6.09. The molecular weight excluding hydrogens is 456 g/mol. The van der Waals surface area contributed by atoms with Crippen molar-refractivity contribution in [2.45, 2.75) is 32.6 Å². The van der Waals surface area contributed by atoms with E-state index in [0.717, 1.165) is 11.3 Å². The Morgan fingerprint density at radius 3 is 2.56 bits per heavy atom. The number of hydrogen-bond donors (Lipinski definition) is 1. The smallest absolute Gasteiger partial charge is 0.324 e. The number of nitrogens with two attached hydrogens (primary N) is 1. The van der Waals surface area contributed by atoms with Gasteiger partial charge >= 0.3 is 5.00 Å². The standard InChI is InChI=1S/C24H24N4O5S/c1-24(2)10-16-22(17(29)11-24)21(19-7-8-20(34-19)28(30)31)14(12-25)23(26)27(16)15-6-5-13(32-3)9-18(15)33-4/h5-9,21H,10-11,26H2,1-4H3/t21-/m0/s1. The Kier molecular flexibility index (Phi) is 5.83. The molecule has 4 rings (SSSR count). The van der Waals surface area contributed by atoms with Crippen molar-refractivity contribution in [2.75, 3.05) is 19.1 Å². The van der Waals surface area contributed by atoms with Gasteiger partial charge in [-0.2, -0.15) is 5.26 Å². The van der Waals surface area contributed by atoms with Crippen LogP contribution in [0.3, 0.4) is 0 Å². The van der Waals surface area contributed by atoms with E-state index < -0.39 is 10.8 Å². The Morgan fingerprint density at radius 2 is 1.97 bits per heavy atom. The first-order valence-electron chi connectivity index (χ1n) is 10.5. The topological polar surface area (TPSA) is 132 Å². The first-order valence-corrected chi connectivity index (χ1v) is 11.4. The molecule has 0 saturated carbocycles. The summed E-state index contributed by atoms with van der Waals surface area (Å²) in [7, 11) is 3.07. The first-order chi connectivity index (χ1) is 16.1. The molecule has 0 saturated heterocycles. The molecule has 0 bridgehead atoms. The fourth-order valence-electron chi connectivity index (χ4n) is 4.63. The molecule has 34 heavy (non-hydrogen) atoms. The summed E-state index contributed by atoms with van der Waals surface area (Å²) in [5, 5.41) is 21.4. The van der Waals surface area contributed by atoms with Crippen molar-refractivity contribution in [1.82, 2.24) is 0 Å². The van der Waals surface area contributed by atoms with E-state index in [1.54, 1.807) is 36.3 Å². The Morgan fingerprint density at radius 1 is 1.24 bits per heavy atom. The number of carbonyl (C=O) groups excluding carboxylic acids is 1. The van der Waals surface area contributed by atoms with Crippen LogP contribution in [0.5, 0.6) is 11.5 Å². The minimum absolute atomic E-state index is 0.0594. The van der Waals surface area contributed by atoms with Gasteiger partial charge in [-0.1, -0.05) is 25.2 Å². The van der Waals surface area contributed by atoms with Gasteiger partial charge < -0.3 is 15.2 Å². The molecule has 176 valence electrons. The van der Waals surface area contributed by atoms with Crippen molar-refractivity contribution < 1.29 is 19.2 Å². The number of anilines is 1. The quantitative estimate of drug-likeness (QED) is 0.484. The second kappa shape index (κ2) is 8.50. The van der Waals surface area contributed by atoms with E-state index in [0.29, 0.717) is 46.2 Å². The zero-order chi connectivity index (χ0) is 24.8. The predicted octanol–water partition coefficient (Wildman–Crippen LogP) is 4.61. The Balaban J connectivity index is 2.00. The number of nitro groups is 1. The first kappa shape index (κ1) is 23.3. The van der Waals surface area contributed by atoms with Crippen LogP contribution in [0.1, 0.15) is 37.5 Å². The zero-order valence-corrected chi connectivity index (χ0v) is 20.1. The van der Waals surface area contributed by atoms with Crippen LogP contribution < -0.4 is 20.1 Å². The number of carbonyl (C=O) groups is 1. The second-order valence-corrected chi connectivity index (χ2v) is 10.0. The highest BCUT2D eigenvalue weighted by Gasteiger charge is 2.45. The van der Waals surface area contributed by atoms with E-state index in [-0.39, 0.29) is 27.6 Å². The molecule has 10 heteroatoms. The van der Waals surface area contributed by atoms with Crippen LogP contribution in [-0.2, 0) is 4.79 Å². The van der Waals surface area contributed by atoms with Gasteiger partial charge in [-0.3, -0.25) is 19.8 Å². The molecule has 0 radical (unpaired) electrons. The van der Waals surface area contributed by atoms with Gasteiger partial charge in [0, 0.05) is 34.7 Å². The lowest BCUT2D eigenvalue weighted by atomic mass is 9.69. The lowest BCUT2D eigenvalue weighted by Crippen LogP contribution is -2.42. The molecule has 1 aliphatic heterocycles. The second-order valence-electron chi connectivity index (χ2n) is 8.95. The van der Waals surface area contributed by atoms with Crippen molar-refractivity contribution in [3.8, 4) is 17.6 Å². The number of benzene rings is 1. The van der Waals surface area contributed by atoms with Crippen LogP contribution in [0.2, 0.25) is 0 Å². The molecular formula is C24H24N4O5S. The number of ketones is 1. The average molecular weight is 481 g/mol.